The van der Waals surface area contributed by atoms with E-state index in [-0.39, 0.29) is 29.4 Å². The smallest absolute Gasteiger partial charge is 0.273 e. The molecule has 1 fully saturated rings. The van der Waals surface area contributed by atoms with E-state index < -0.39 is 5.54 Å². The van der Waals surface area contributed by atoms with Gasteiger partial charge in [-0.05, 0) is 44.7 Å². The van der Waals surface area contributed by atoms with Crippen LogP contribution in [0.1, 0.15) is 58.5 Å². The Kier molecular flexibility index (Phi) is 6.55. The number of amides is 1. The van der Waals surface area contributed by atoms with Crippen molar-refractivity contribution in [1.29, 1.82) is 0 Å². The van der Waals surface area contributed by atoms with Crippen molar-refractivity contribution < 1.29 is 13.9 Å². The van der Waals surface area contributed by atoms with Gasteiger partial charge >= 0.3 is 0 Å². The molecule has 4 heterocycles. The van der Waals surface area contributed by atoms with E-state index in [1.807, 2.05) is 54.5 Å². The number of nitrogens with two attached hydrogens (primary N) is 1. The number of benzene rings is 1. The van der Waals surface area contributed by atoms with Gasteiger partial charge in [-0.1, -0.05) is 30.3 Å². The highest BCUT2D eigenvalue weighted by Gasteiger charge is 2.34. The molecule has 0 aliphatic carbocycles. The number of carbonyl (C=O) groups is 1. The first kappa shape index (κ1) is 24.1. The number of aromatic nitrogens is 4. The van der Waals surface area contributed by atoms with Gasteiger partial charge in [0.2, 0.25) is 17.7 Å². The highest BCUT2D eigenvalue weighted by Crippen LogP contribution is 2.35. The molecule has 0 spiro atoms. The van der Waals surface area contributed by atoms with Gasteiger partial charge in [-0.25, -0.2) is 9.97 Å². The fraction of sp³-hybridized carbons (Fsp3) is 0.346. The number of hydrogen-bond donors (Lipinski definition) is 1. The van der Waals surface area contributed by atoms with Gasteiger partial charge in [0.1, 0.15) is 10.7 Å². The zero-order valence-electron chi connectivity index (χ0n) is 20.5. The number of ether oxygens (including phenoxy) is 1. The highest BCUT2D eigenvalue weighted by atomic mass is 32.1. The van der Waals surface area contributed by atoms with Crippen LogP contribution in [0.2, 0.25) is 0 Å². The summed E-state index contributed by atoms with van der Waals surface area (Å²) in [5.41, 5.74) is 8.51. The maximum Gasteiger partial charge on any atom is 0.273 e. The summed E-state index contributed by atoms with van der Waals surface area (Å²) in [6.45, 7) is 4.46. The normalized spacial score (nSPS) is 17.2. The molecule has 186 valence electrons. The van der Waals surface area contributed by atoms with E-state index >= 15 is 0 Å². The van der Waals surface area contributed by atoms with Crippen molar-refractivity contribution in [3.05, 3.63) is 75.7 Å². The lowest BCUT2D eigenvalue weighted by Crippen LogP contribution is -2.35. The number of methoxy groups -OCH3 is 1. The molecule has 0 saturated carbocycles. The van der Waals surface area contributed by atoms with Crippen LogP contribution in [0.3, 0.4) is 0 Å². The zero-order chi connectivity index (χ0) is 25.3. The second kappa shape index (κ2) is 9.79. The molecule has 0 radical (unpaired) electrons. The minimum atomic E-state index is -0.864. The number of nitrogens with zero attached hydrogens (tertiary/aromatic N) is 5. The Morgan fingerprint density at radius 3 is 2.78 bits per heavy atom. The topological polar surface area (TPSA) is 120 Å². The van der Waals surface area contributed by atoms with Gasteiger partial charge in [-0.15, -0.1) is 21.5 Å². The predicted octanol–water partition coefficient (Wildman–Crippen LogP) is 4.30. The van der Waals surface area contributed by atoms with Gasteiger partial charge in [0.25, 0.3) is 5.91 Å². The Morgan fingerprint density at radius 2 is 2.06 bits per heavy atom. The van der Waals surface area contributed by atoms with E-state index in [2.05, 4.69) is 20.2 Å². The molecule has 0 unspecified atom stereocenters. The highest BCUT2D eigenvalue weighted by molar-refractivity contribution is 7.09. The molecule has 36 heavy (non-hydrogen) atoms. The summed E-state index contributed by atoms with van der Waals surface area (Å²) in [6.07, 6.45) is 2.32. The van der Waals surface area contributed by atoms with Crippen LogP contribution in [0, 0.1) is 6.92 Å². The molecule has 5 rings (SSSR count). The Labute approximate surface area is 213 Å². The maximum atomic E-state index is 13.6. The molecule has 1 amide bonds. The molecule has 1 saturated heterocycles. The lowest BCUT2D eigenvalue weighted by molar-refractivity contribution is 0.0728. The molecule has 2 atom stereocenters. The van der Waals surface area contributed by atoms with Crippen molar-refractivity contribution in [2.24, 2.45) is 5.73 Å². The number of thiazole rings is 1. The van der Waals surface area contributed by atoms with Crippen molar-refractivity contribution in [3.63, 3.8) is 0 Å². The lowest BCUT2D eigenvalue weighted by atomic mass is 9.94. The number of aryl methyl sites for hydroxylation is 1. The fourth-order valence-corrected chi connectivity index (χ4v) is 5.39. The maximum absolute atomic E-state index is 13.6. The van der Waals surface area contributed by atoms with Crippen LogP contribution < -0.4 is 10.5 Å². The van der Waals surface area contributed by atoms with Crippen molar-refractivity contribution in [2.75, 3.05) is 13.7 Å². The largest absolute Gasteiger partial charge is 0.481 e. The van der Waals surface area contributed by atoms with Gasteiger partial charge in [-0.2, -0.15) is 0 Å². The second-order valence-electron chi connectivity index (χ2n) is 9.26. The van der Waals surface area contributed by atoms with E-state index in [0.29, 0.717) is 24.4 Å². The van der Waals surface area contributed by atoms with E-state index in [1.54, 1.807) is 23.5 Å². The fourth-order valence-electron chi connectivity index (χ4n) is 4.45. The number of hydrogen-bond acceptors (Lipinski definition) is 9. The van der Waals surface area contributed by atoms with Gasteiger partial charge in [0, 0.05) is 29.2 Å². The second-order valence-corrected chi connectivity index (χ2v) is 10.1. The number of pyridine rings is 1. The molecule has 1 aromatic carbocycles. The molecular formula is C26H28N6O3S. The van der Waals surface area contributed by atoms with Crippen molar-refractivity contribution in [1.82, 2.24) is 25.1 Å². The first-order valence-corrected chi connectivity index (χ1v) is 12.7. The van der Waals surface area contributed by atoms with E-state index in [4.69, 9.17) is 14.9 Å². The van der Waals surface area contributed by atoms with Gasteiger partial charge in [0.05, 0.1) is 18.7 Å². The zero-order valence-corrected chi connectivity index (χ0v) is 21.3. The third-order valence-corrected chi connectivity index (χ3v) is 7.30. The van der Waals surface area contributed by atoms with Crippen LogP contribution in [0.15, 0.2) is 52.3 Å². The first-order valence-electron chi connectivity index (χ1n) is 11.8. The average molecular weight is 505 g/mol. The quantitative estimate of drug-likeness (QED) is 0.396. The van der Waals surface area contributed by atoms with Crippen LogP contribution in [0.4, 0.5) is 0 Å². The number of rotatable bonds is 7. The lowest BCUT2D eigenvalue weighted by Gasteiger charge is -2.23. The predicted molar refractivity (Wildman–Crippen MR) is 136 cm³/mol. The first-order chi connectivity index (χ1) is 17.3. The minimum Gasteiger partial charge on any atom is -0.481 e. The average Bonchev–Trinajstić information content (AvgIpc) is 3.64. The molecule has 3 aromatic heterocycles. The third-order valence-electron chi connectivity index (χ3n) is 6.24. The van der Waals surface area contributed by atoms with Crippen LogP contribution in [-0.4, -0.2) is 44.6 Å². The molecule has 10 heteroatoms. The van der Waals surface area contributed by atoms with Crippen molar-refractivity contribution in [3.8, 4) is 17.3 Å². The Morgan fingerprint density at radius 1 is 1.25 bits per heavy atom. The summed E-state index contributed by atoms with van der Waals surface area (Å²) in [7, 11) is 1.51. The Hall–Kier alpha value is -3.63. The van der Waals surface area contributed by atoms with Gasteiger partial charge < -0.3 is 19.8 Å². The summed E-state index contributed by atoms with van der Waals surface area (Å²) >= 11 is 1.58. The minimum absolute atomic E-state index is 0.0569. The van der Waals surface area contributed by atoms with Crippen molar-refractivity contribution in [2.45, 2.75) is 44.7 Å². The number of carbonyl (C=O) groups excluding carboxylic acids is 1. The molecular weight excluding hydrogens is 476 g/mol. The molecule has 0 bridgehead atoms. The summed E-state index contributed by atoms with van der Waals surface area (Å²) in [5, 5.41) is 11.4. The Balaban J connectivity index is 1.42. The SMILES string of the molecule is COc1cc(-c2nnc([C@](C)(N)Cc3ccccc3)o2)cc(C(=O)N2CCC[C@@H]2c2nc(C)cs2)n1. The van der Waals surface area contributed by atoms with Crippen LogP contribution in [0.25, 0.3) is 11.5 Å². The monoisotopic (exact) mass is 504 g/mol. The van der Waals surface area contributed by atoms with Gasteiger partial charge in [0.15, 0.2) is 0 Å². The van der Waals surface area contributed by atoms with E-state index in [0.717, 1.165) is 29.1 Å². The summed E-state index contributed by atoms with van der Waals surface area (Å²) in [5.74, 6) is 0.663. The van der Waals surface area contributed by atoms with Crippen molar-refractivity contribution >= 4 is 17.2 Å². The van der Waals surface area contributed by atoms with E-state index in [9.17, 15) is 4.79 Å². The third kappa shape index (κ3) is 4.87. The standard InChI is InChI=1S/C26H28N6O3S/c1-16-15-36-23(28-16)20-10-7-11-32(20)24(33)19-12-18(13-21(29-19)34-3)22-30-31-25(35-22)26(2,27)14-17-8-5-4-6-9-17/h4-6,8-9,12-13,15,20H,7,10-11,14,27H2,1-3H3/t20-,26-/m1/s1. The molecule has 1 aliphatic heterocycles. The van der Waals surface area contributed by atoms with Crippen LogP contribution in [-0.2, 0) is 12.0 Å². The van der Waals surface area contributed by atoms with Crippen LogP contribution >= 0.6 is 11.3 Å². The molecule has 9 nitrogen and oxygen atoms in total. The Bertz CT molecular complexity index is 1370. The van der Waals surface area contributed by atoms with E-state index in [1.165, 1.54) is 7.11 Å². The number of likely N-dealkylation sites (tertiary alicyclic amines) is 1. The van der Waals surface area contributed by atoms with Crippen LogP contribution in [0.5, 0.6) is 5.88 Å². The summed E-state index contributed by atoms with van der Waals surface area (Å²) < 4.78 is 11.4. The van der Waals surface area contributed by atoms with Gasteiger partial charge in [-0.3, -0.25) is 4.79 Å². The molecule has 1 aliphatic rings. The summed E-state index contributed by atoms with van der Waals surface area (Å²) in [4.78, 5) is 24.4. The summed E-state index contributed by atoms with van der Waals surface area (Å²) in [6, 6.07) is 13.2. The molecule has 2 N–H and O–H groups in total. The molecule has 4 aromatic rings.